The number of rotatable bonds is 6. The van der Waals surface area contributed by atoms with Crippen LogP contribution in [0, 0.1) is 11.3 Å². The summed E-state index contributed by atoms with van der Waals surface area (Å²) in [6.45, 7) is 6.60. The Morgan fingerprint density at radius 3 is 2.72 bits per heavy atom. The molecule has 1 aromatic heterocycles. The van der Waals surface area contributed by atoms with Crippen molar-refractivity contribution in [2.45, 2.75) is 38.5 Å². The molecule has 0 bridgehead atoms. The lowest BCUT2D eigenvalue weighted by Gasteiger charge is -2.37. The molecule has 1 aliphatic carbocycles. The Balaban J connectivity index is 1.34. The van der Waals surface area contributed by atoms with E-state index >= 15 is 0 Å². The van der Waals surface area contributed by atoms with Gasteiger partial charge in [0.15, 0.2) is 0 Å². The number of carbonyl (C=O) groups is 2. The van der Waals surface area contributed by atoms with Crippen molar-refractivity contribution in [3.63, 3.8) is 0 Å². The Morgan fingerprint density at radius 2 is 2.00 bits per heavy atom. The van der Waals surface area contributed by atoms with Gasteiger partial charge in [0.05, 0.1) is 24.0 Å². The first-order valence-electron chi connectivity index (χ1n) is 11.1. The van der Waals surface area contributed by atoms with Crippen LogP contribution in [0.3, 0.4) is 0 Å². The van der Waals surface area contributed by atoms with E-state index in [0.717, 1.165) is 63.5 Å². The summed E-state index contributed by atoms with van der Waals surface area (Å²) in [5.41, 5.74) is -0.0283. The summed E-state index contributed by atoms with van der Waals surface area (Å²) in [5, 5.41) is 5.14. The molecular formula is C22H33N3O3S. The van der Waals surface area contributed by atoms with Crippen molar-refractivity contribution in [3.05, 3.63) is 22.4 Å². The van der Waals surface area contributed by atoms with E-state index in [-0.39, 0.29) is 23.1 Å². The molecule has 2 saturated heterocycles. The van der Waals surface area contributed by atoms with Gasteiger partial charge in [-0.15, -0.1) is 11.3 Å². The van der Waals surface area contributed by atoms with Crippen LogP contribution in [0.4, 0.5) is 0 Å². The van der Waals surface area contributed by atoms with Crippen LogP contribution < -0.4 is 5.32 Å². The number of hydrogen-bond acceptors (Lipinski definition) is 5. The molecule has 2 amide bonds. The van der Waals surface area contributed by atoms with Crippen molar-refractivity contribution in [1.29, 1.82) is 0 Å². The first-order chi connectivity index (χ1) is 14.2. The number of likely N-dealkylation sites (tertiary alicyclic amines) is 1. The van der Waals surface area contributed by atoms with Gasteiger partial charge in [-0.1, -0.05) is 25.3 Å². The monoisotopic (exact) mass is 419 g/mol. The van der Waals surface area contributed by atoms with Crippen LogP contribution in [-0.2, 0) is 9.53 Å². The van der Waals surface area contributed by atoms with Crippen LogP contribution in [-0.4, -0.2) is 74.1 Å². The second-order valence-corrected chi connectivity index (χ2v) is 9.68. The Labute approximate surface area is 177 Å². The van der Waals surface area contributed by atoms with Crippen LogP contribution >= 0.6 is 11.3 Å². The van der Waals surface area contributed by atoms with Crippen molar-refractivity contribution in [1.82, 2.24) is 15.1 Å². The summed E-state index contributed by atoms with van der Waals surface area (Å²) in [4.78, 5) is 31.2. The van der Waals surface area contributed by atoms with E-state index < -0.39 is 0 Å². The lowest BCUT2D eigenvalue weighted by molar-refractivity contribution is -0.128. The van der Waals surface area contributed by atoms with E-state index in [4.69, 9.17) is 4.74 Å². The van der Waals surface area contributed by atoms with Gasteiger partial charge in [0.2, 0.25) is 5.91 Å². The Morgan fingerprint density at radius 1 is 1.21 bits per heavy atom. The third kappa shape index (κ3) is 4.84. The fourth-order valence-electron chi connectivity index (χ4n) is 5.27. The zero-order valence-electron chi connectivity index (χ0n) is 17.2. The van der Waals surface area contributed by atoms with Gasteiger partial charge in [0.1, 0.15) is 0 Å². The predicted octanol–water partition coefficient (Wildman–Crippen LogP) is 2.61. The topological polar surface area (TPSA) is 61.9 Å². The molecule has 160 valence electrons. The predicted molar refractivity (Wildman–Crippen MR) is 114 cm³/mol. The van der Waals surface area contributed by atoms with Gasteiger partial charge < -0.3 is 15.0 Å². The number of ether oxygens (including phenoxy) is 1. The maximum absolute atomic E-state index is 13.1. The highest BCUT2D eigenvalue weighted by Gasteiger charge is 2.51. The zero-order valence-corrected chi connectivity index (χ0v) is 18.1. The molecule has 0 radical (unpaired) electrons. The molecule has 1 saturated carbocycles. The number of nitrogens with one attached hydrogen (secondary N) is 1. The number of hydrogen-bond donors (Lipinski definition) is 1. The zero-order chi connectivity index (χ0) is 20.1. The quantitative estimate of drug-likeness (QED) is 0.720. The van der Waals surface area contributed by atoms with Gasteiger partial charge in [-0.05, 0) is 37.3 Å². The molecule has 0 unspecified atom stereocenters. The summed E-state index contributed by atoms with van der Waals surface area (Å²) in [6.07, 6.45) is 6.67. The van der Waals surface area contributed by atoms with Crippen LogP contribution in [0.15, 0.2) is 17.5 Å². The highest BCUT2D eigenvalue weighted by Crippen LogP contribution is 2.48. The second-order valence-electron chi connectivity index (χ2n) is 8.74. The van der Waals surface area contributed by atoms with E-state index in [0.29, 0.717) is 13.1 Å². The Kier molecular flexibility index (Phi) is 6.88. The molecule has 29 heavy (non-hydrogen) atoms. The summed E-state index contributed by atoms with van der Waals surface area (Å²) in [6, 6.07) is 3.81. The first kappa shape index (κ1) is 20.8. The van der Waals surface area contributed by atoms with E-state index in [1.807, 2.05) is 22.4 Å². The SMILES string of the molecule is O=C(NCCCN1CCOCC1)[C@H]1CN(C(=O)c2cccs2)CC12CCCCC2. The molecule has 2 aliphatic heterocycles. The maximum Gasteiger partial charge on any atom is 0.263 e. The molecule has 7 heteroatoms. The van der Waals surface area contributed by atoms with Gasteiger partial charge in [-0.2, -0.15) is 0 Å². The van der Waals surface area contributed by atoms with Crippen molar-refractivity contribution in [2.75, 3.05) is 52.5 Å². The van der Waals surface area contributed by atoms with E-state index in [9.17, 15) is 9.59 Å². The molecule has 4 rings (SSSR count). The number of carbonyl (C=O) groups excluding carboxylic acids is 2. The molecule has 6 nitrogen and oxygen atoms in total. The van der Waals surface area contributed by atoms with Gasteiger partial charge in [-0.25, -0.2) is 0 Å². The second kappa shape index (κ2) is 9.58. The number of amides is 2. The summed E-state index contributed by atoms with van der Waals surface area (Å²) in [5.74, 6) is 0.165. The van der Waals surface area contributed by atoms with Crippen LogP contribution in [0.2, 0.25) is 0 Å². The van der Waals surface area contributed by atoms with Crippen molar-refractivity contribution >= 4 is 23.2 Å². The minimum Gasteiger partial charge on any atom is -0.379 e. The van der Waals surface area contributed by atoms with E-state index in [2.05, 4.69) is 10.2 Å². The smallest absolute Gasteiger partial charge is 0.263 e. The molecule has 0 aromatic carbocycles. The lowest BCUT2D eigenvalue weighted by atomic mass is 9.67. The largest absolute Gasteiger partial charge is 0.379 e. The Hall–Kier alpha value is -1.44. The summed E-state index contributed by atoms with van der Waals surface area (Å²) < 4.78 is 5.39. The van der Waals surface area contributed by atoms with Crippen molar-refractivity contribution < 1.29 is 14.3 Å². The molecule has 1 N–H and O–H groups in total. The van der Waals surface area contributed by atoms with Crippen LogP contribution in [0.1, 0.15) is 48.2 Å². The average Bonchev–Trinajstić information content (AvgIpc) is 3.41. The third-order valence-electron chi connectivity index (χ3n) is 6.89. The lowest BCUT2D eigenvalue weighted by Crippen LogP contribution is -2.43. The van der Waals surface area contributed by atoms with E-state index in [1.54, 1.807) is 0 Å². The minimum atomic E-state index is -0.0740. The fraction of sp³-hybridized carbons (Fsp3) is 0.727. The third-order valence-corrected chi connectivity index (χ3v) is 7.74. The van der Waals surface area contributed by atoms with Crippen molar-refractivity contribution in [2.24, 2.45) is 11.3 Å². The highest BCUT2D eigenvalue weighted by molar-refractivity contribution is 7.12. The molecular weight excluding hydrogens is 386 g/mol. The van der Waals surface area contributed by atoms with Gasteiger partial charge in [-0.3, -0.25) is 14.5 Å². The molecule has 1 atom stereocenters. The summed E-state index contributed by atoms with van der Waals surface area (Å²) >= 11 is 1.49. The molecule has 1 aromatic rings. The summed E-state index contributed by atoms with van der Waals surface area (Å²) in [7, 11) is 0. The minimum absolute atomic E-state index is 0.0283. The fourth-order valence-corrected chi connectivity index (χ4v) is 5.96. The van der Waals surface area contributed by atoms with Crippen LogP contribution in [0.5, 0.6) is 0 Å². The first-order valence-corrected chi connectivity index (χ1v) is 12.0. The molecule has 1 spiro atoms. The molecule has 3 fully saturated rings. The molecule has 3 heterocycles. The number of thiophene rings is 1. The highest BCUT2D eigenvalue weighted by atomic mass is 32.1. The van der Waals surface area contributed by atoms with Crippen LogP contribution in [0.25, 0.3) is 0 Å². The van der Waals surface area contributed by atoms with Gasteiger partial charge in [0, 0.05) is 38.1 Å². The Bertz CT molecular complexity index is 681. The van der Waals surface area contributed by atoms with E-state index in [1.165, 1.54) is 30.6 Å². The normalized spacial score (nSPS) is 24.7. The number of nitrogens with zero attached hydrogens (tertiary/aromatic N) is 2. The standard InChI is InChI=1S/C22H33N3O3S/c26-20(23-9-5-10-24-11-13-28-14-12-24)18-16-25(21(27)19-6-4-15-29-19)17-22(18)7-2-1-3-8-22/h4,6,15,18H,1-3,5,7-14,16-17H2,(H,23,26)/t18-/m1/s1. The average molecular weight is 420 g/mol. The van der Waals surface area contributed by atoms with Crippen molar-refractivity contribution in [3.8, 4) is 0 Å². The number of morpholine rings is 1. The van der Waals surface area contributed by atoms with Gasteiger partial charge in [0.25, 0.3) is 5.91 Å². The maximum atomic E-state index is 13.1. The van der Waals surface area contributed by atoms with Gasteiger partial charge >= 0.3 is 0 Å². The molecule has 3 aliphatic rings.